The number of benzene rings is 3. The van der Waals surface area contributed by atoms with Gasteiger partial charge in [-0.25, -0.2) is 39.5 Å². The molecule has 0 aliphatic heterocycles. The fourth-order valence-corrected chi connectivity index (χ4v) is 4.10. The van der Waals surface area contributed by atoms with Gasteiger partial charge in [-0.15, -0.1) is 0 Å². The lowest BCUT2D eigenvalue weighted by Gasteiger charge is -2.29. The van der Waals surface area contributed by atoms with E-state index in [1.807, 2.05) is 0 Å². The number of hydrogen-bond acceptors (Lipinski definition) is 6. The molecule has 0 saturated heterocycles. The summed E-state index contributed by atoms with van der Waals surface area (Å²) in [6, 6.07) is 0. The number of carbonyl (C=O) groups excluding carboxylic acids is 3. The van der Waals surface area contributed by atoms with Gasteiger partial charge in [0.25, 0.3) is 0 Å². The van der Waals surface area contributed by atoms with E-state index >= 15 is 0 Å². The summed E-state index contributed by atoms with van der Waals surface area (Å²) >= 11 is 0. The van der Waals surface area contributed by atoms with Gasteiger partial charge in [0, 0.05) is 19.3 Å². The van der Waals surface area contributed by atoms with Crippen molar-refractivity contribution in [3.63, 3.8) is 0 Å². The number of hydrogen-bond donors (Lipinski definition) is 0. The first kappa shape index (κ1) is 39.5. The summed E-state index contributed by atoms with van der Waals surface area (Å²) in [7, 11) is 0. The molecule has 0 heterocycles. The fraction of sp³-hybridized carbons (Fsp3) is 0.276. The van der Waals surface area contributed by atoms with Crippen LogP contribution < -0.4 is 14.2 Å². The molecule has 0 aromatic heterocycles. The van der Waals surface area contributed by atoms with Gasteiger partial charge in [0.2, 0.25) is 105 Å². The van der Waals surface area contributed by atoms with E-state index < -0.39 is 166 Å². The minimum atomic E-state index is -2.59. The minimum absolute atomic E-state index is 0.702. The van der Waals surface area contributed by atoms with Crippen LogP contribution in [0.1, 0.15) is 45.4 Å². The van der Waals surface area contributed by atoms with Crippen molar-refractivity contribution < 1.29 is 94.5 Å². The van der Waals surface area contributed by atoms with Crippen LogP contribution in [0.5, 0.6) is 17.2 Å². The molecule has 0 unspecified atom stereocenters. The van der Waals surface area contributed by atoms with Gasteiger partial charge in [-0.2, -0.15) is 26.3 Å². The highest BCUT2D eigenvalue weighted by atomic mass is 19.2. The lowest BCUT2D eigenvalue weighted by atomic mass is 9.77. The van der Waals surface area contributed by atoms with Gasteiger partial charge in [0.15, 0.2) is 0 Å². The van der Waals surface area contributed by atoms with Crippen molar-refractivity contribution in [3.05, 3.63) is 87.3 Å². The third kappa shape index (κ3) is 8.07. The maximum Gasteiger partial charge on any atom is 0.311 e. The molecule has 0 N–H and O–H groups in total. The molecular weight excluding hydrogens is 729 g/mol. The van der Waals surface area contributed by atoms with Crippen LogP contribution in [-0.2, 0) is 14.4 Å². The van der Waals surface area contributed by atoms with E-state index in [9.17, 15) is 80.2 Å². The van der Waals surface area contributed by atoms with Crippen molar-refractivity contribution >= 4 is 17.9 Å². The van der Waals surface area contributed by atoms with Gasteiger partial charge in [0.1, 0.15) is 0 Å². The van der Waals surface area contributed by atoms with E-state index in [1.165, 1.54) is 0 Å². The van der Waals surface area contributed by atoms with Crippen LogP contribution in [0.2, 0.25) is 0 Å². The summed E-state index contributed by atoms with van der Waals surface area (Å²) in [5.74, 6) is -49.2. The summed E-state index contributed by atoms with van der Waals surface area (Å²) in [4.78, 5) is 36.9. The van der Waals surface area contributed by atoms with Crippen LogP contribution in [0, 0.1) is 92.7 Å². The highest BCUT2D eigenvalue weighted by molar-refractivity contribution is 5.74. The summed E-state index contributed by atoms with van der Waals surface area (Å²) in [6.45, 7) is 1.08. The number of ether oxygens (including phenoxy) is 3. The molecular formula is C29H15F15O6. The Labute approximate surface area is 268 Å². The molecule has 3 aromatic rings. The highest BCUT2D eigenvalue weighted by Crippen LogP contribution is 2.37. The monoisotopic (exact) mass is 744 g/mol. The Balaban J connectivity index is 1.82. The Morgan fingerprint density at radius 2 is 0.520 bits per heavy atom. The molecule has 0 radical (unpaired) electrons. The molecule has 0 aliphatic rings. The predicted molar refractivity (Wildman–Crippen MR) is 131 cm³/mol. The van der Waals surface area contributed by atoms with Crippen LogP contribution in [0.4, 0.5) is 65.9 Å². The quantitative estimate of drug-likeness (QED) is 0.0612. The zero-order valence-corrected chi connectivity index (χ0v) is 24.4. The second-order valence-corrected chi connectivity index (χ2v) is 10.4. The first-order valence-electron chi connectivity index (χ1n) is 13.3. The van der Waals surface area contributed by atoms with Crippen molar-refractivity contribution in [1.82, 2.24) is 0 Å². The van der Waals surface area contributed by atoms with Crippen LogP contribution in [0.15, 0.2) is 0 Å². The SMILES string of the molecule is CC(CCC(=O)Oc1c(F)c(F)c(F)c(F)c1F)(CCC(=O)Oc1c(F)c(F)c(F)c(F)c1F)CCC(=O)Oc1c(F)c(F)c(F)c(F)c1F. The second-order valence-electron chi connectivity index (χ2n) is 10.4. The van der Waals surface area contributed by atoms with E-state index in [-0.39, 0.29) is 0 Å². The van der Waals surface area contributed by atoms with Crippen molar-refractivity contribution in [2.24, 2.45) is 5.41 Å². The first-order valence-corrected chi connectivity index (χ1v) is 13.3. The van der Waals surface area contributed by atoms with Gasteiger partial charge in [-0.05, 0) is 24.7 Å². The number of carbonyl (C=O) groups is 3. The average Bonchev–Trinajstić information content (AvgIpc) is 3.09. The van der Waals surface area contributed by atoms with E-state index in [0.717, 1.165) is 6.92 Å². The average molecular weight is 744 g/mol. The molecule has 0 amide bonds. The molecule has 0 spiro atoms. The van der Waals surface area contributed by atoms with Crippen LogP contribution in [-0.4, -0.2) is 17.9 Å². The van der Waals surface area contributed by atoms with E-state index in [2.05, 4.69) is 14.2 Å². The normalized spacial score (nSPS) is 11.5. The molecule has 0 bridgehead atoms. The standard InChI is InChI=1S/C29H15F15O6/c1-29(5-2-8(45)48-26-20(39)14(33)11(30)15(34)21(26)40,6-3-9(46)49-27-22(41)16(35)12(31)17(36)23(27)42)7-4-10(47)50-28-24(43)18(37)13(32)19(38)25(28)44/h2-7H2,1H3. The minimum Gasteiger partial charge on any atom is -0.420 e. The van der Waals surface area contributed by atoms with Crippen molar-refractivity contribution in [3.8, 4) is 17.2 Å². The Bertz CT molecular complexity index is 1580. The van der Waals surface area contributed by atoms with Gasteiger partial charge < -0.3 is 14.2 Å². The van der Waals surface area contributed by atoms with Crippen molar-refractivity contribution in [2.45, 2.75) is 45.4 Å². The Hall–Kier alpha value is -4.98. The van der Waals surface area contributed by atoms with Gasteiger partial charge in [-0.3, -0.25) is 14.4 Å². The number of halogens is 15. The van der Waals surface area contributed by atoms with Crippen LogP contribution >= 0.6 is 0 Å². The molecule has 0 aliphatic carbocycles. The molecule has 21 heteroatoms. The van der Waals surface area contributed by atoms with Crippen LogP contribution in [0.25, 0.3) is 0 Å². The Morgan fingerprint density at radius 3 is 0.700 bits per heavy atom. The Morgan fingerprint density at radius 1 is 0.360 bits per heavy atom. The van der Waals surface area contributed by atoms with Gasteiger partial charge in [-0.1, -0.05) is 6.92 Å². The smallest absolute Gasteiger partial charge is 0.311 e. The molecule has 3 rings (SSSR count). The molecule has 0 atom stereocenters. The topological polar surface area (TPSA) is 78.9 Å². The maximum atomic E-state index is 13.9. The summed E-state index contributed by atoms with van der Waals surface area (Å²) in [6.07, 6.45) is -5.24. The zero-order chi connectivity index (χ0) is 38.0. The maximum absolute atomic E-state index is 13.9. The zero-order valence-electron chi connectivity index (χ0n) is 24.4. The highest BCUT2D eigenvalue weighted by Gasteiger charge is 2.34. The predicted octanol–water partition coefficient (Wildman–Crippen LogP) is 8.24. The third-order valence-electron chi connectivity index (χ3n) is 6.95. The largest absolute Gasteiger partial charge is 0.420 e. The third-order valence-corrected chi connectivity index (χ3v) is 6.95. The fourth-order valence-electron chi connectivity index (χ4n) is 4.10. The molecule has 6 nitrogen and oxygen atoms in total. The lowest BCUT2D eigenvalue weighted by Crippen LogP contribution is -2.25. The van der Waals surface area contributed by atoms with E-state index in [1.54, 1.807) is 0 Å². The van der Waals surface area contributed by atoms with Crippen LogP contribution in [0.3, 0.4) is 0 Å². The Kier molecular flexibility index (Phi) is 12.1. The van der Waals surface area contributed by atoms with Crippen molar-refractivity contribution in [2.75, 3.05) is 0 Å². The van der Waals surface area contributed by atoms with Gasteiger partial charge in [0.05, 0.1) is 0 Å². The summed E-state index contributed by atoms with van der Waals surface area (Å²) < 4.78 is 217. The molecule has 272 valence electrons. The summed E-state index contributed by atoms with van der Waals surface area (Å²) in [5, 5.41) is 0. The summed E-state index contributed by atoms with van der Waals surface area (Å²) in [5.41, 5.74) is -1.72. The molecule has 0 saturated carbocycles. The van der Waals surface area contributed by atoms with Crippen molar-refractivity contribution in [1.29, 1.82) is 0 Å². The number of esters is 3. The van der Waals surface area contributed by atoms with Gasteiger partial charge >= 0.3 is 17.9 Å². The van der Waals surface area contributed by atoms with E-state index in [4.69, 9.17) is 0 Å². The second kappa shape index (κ2) is 15.3. The first-order chi connectivity index (χ1) is 23.1. The molecule has 0 fully saturated rings. The number of rotatable bonds is 12. The molecule has 50 heavy (non-hydrogen) atoms. The molecule has 3 aromatic carbocycles. The van der Waals surface area contributed by atoms with E-state index in [0.29, 0.717) is 0 Å². The lowest BCUT2D eigenvalue weighted by molar-refractivity contribution is -0.136.